The van der Waals surface area contributed by atoms with Crippen molar-refractivity contribution in [2.45, 2.75) is 19.5 Å². The number of alkyl halides is 3. The van der Waals surface area contributed by atoms with Crippen LogP contribution >= 0.6 is 0 Å². The number of benzene rings is 1. The molecule has 9 heteroatoms. The van der Waals surface area contributed by atoms with E-state index in [0.717, 1.165) is 17.0 Å². The number of nitro benzene ring substituents is 1. The highest BCUT2D eigenvalue weighted by Crippen LogP contribution is 2.31. The van der Waals surface area contributed by atoms with Crippen LogP contribution in [0.2, 0.25) is 0 Å². The molecule has 1 aromatic carbocycles. The quantitative estimate of drug-likeness (QED) is 0.668. The normalized spacial score (nSPS) is 11.3. The Morgan fingerprint density at radius 1 is 1.43 bits per heavy atom. The van der Waals surface area contributed by atoms with E-state index in [9.17, 15) is 28.1 Å². The number of carboxylic acids is 1. The highest BCUT2D eigenvalue weighted by molar-refractivity contribution is 5.90. The average molecular weight is 306 g/mol. The lowest BCUT2D eigenvalue weighted by molar-refractivity contribution is -0.385. The van der Waals surface area contributed by atoms with Crippen molar-refractivity contribution in [3.05, 3.63) is 33.4 Å². The largest absolute Gasteiger partial charge is 0.478 e. The first kappa shape index (κ1) is 16.7. The Morgan fingerprint density at radius 2 is 2.00 bits per heavy atom. The number of aromatic carboxylic acids is 1. The van der Waals surface area contributed by atoms with Gasteiger partial charge in [-0.25, -0.2) is 4.79 Å². The molecule has 0 unspecified atom stereocenters. The Kier molecular flexibility index (Phi) is 4.77. The zero-order valence-corrected chi connectivity index (χ0v) is 11.3. The van der Waals surface area contributed by atoms with Crippen LogP contribution < -0.4 is 4.90 Å². The third-order valence-corrected chi connectivity index (χ3v) is 2.94. The Balaban J connectivity index is 3.21. The summed E-state index contributed by atoms with van der Waals surface area (Å²) in [5, 5.41) is 19.8. The monoisotopic (exact) mass is 306 g/mol. The van der Waals surface area contributed by atoms with E-state index in [2.05, 4.69) is 0 Å². The second kappa shape index (κ2) is 5.98. The minimum atomic E-state index is -4.36. The summed E-state index contributed by atoms with van der Waals surface area (Å²) in [5.41, 5.74) is -0.578. The molecule has 0 aromatic heterocycles. The number of carbonyl (C=O) groups is 1. The third-order valence-electron chi connectivity index (χ3n) is 2.94. The van der Waals surface area contributed by atoms with Gasteiger partial charge in [0.2, 0.25) is 0 Å². The topological polar surface area (TPSA) is 83.7 Å². The zero-order valence-electron chi connectivity index (χ0n) is 11.3. The van der Waals surface area contributed by atoms with Gasteiger partial charge >= 0.3 is 12.1 Å². The molecular weight excluding hydrogens is 293 g/mol. The van der Waals surface area contributed by atoms with E-state index >= 15 is 0 Å². The van der Waals surface area contributed by atoms with E-state index in [0.29, 0.717) is 0 Å². The first-order valence-electron chi connectivity index (χ1n) is 5.83. The van der Waals surface area contributed by atoms with Gasteiger partial charge in [0.15, 0.2) is 0 Å². The summed E-state index contributed by atoms with van der Waals surface area (Å²) in [4.78, 5) is 22.3. The zero-order chi connectivity index (χ0) is 16.4. The number of hydrogen-bond acceptors (Lipinski definition) is 4. The molecule has 1 N–H and O–H groups in total. The Morgan fingerprint density at radius 3 is 2.43 bits per heavy atom. The summed E-state index contributed by atoms with van der Waals surface area (Å²) in [6.45, 7) is 0.938. The highest BCUT2D eigenvalue weighted by Gasteiger charge is 2.28. The first-order valence-corrected chi connectivity index (χ1v) is 5.83. The van der Waals surface area contributed by atoms with Crippen LogP contribution in [0.1, 0.15) is 22.3 Å². The Labute approximate surface area is 117 Å². The van der Waals surface area contributed by atoms with Crippen LogP contribution in [0.3, 0.4) is 0 Å². The number of nitrogens with zero attached hydrogens (tertiary/aromatic N) is 2. The van der Waals surface area contributed by atoms with Crippen LogP contribution in [-0.2, 0) is 0 Å². The fraction of sp³-hybridized carbons (Fsp3) is 0.417. The van der Waals surface area contributed by atoms with Gasteiger partial charge in [-0.2, -0.15) is 13.2 Å². The molecule has 1 aromatic rings. The van der Waals surface area contributed by atoms with Gasteiger partial charge in [-0.1, -0.05) is 0 Å². The molecule has 0 spiro atoms. The lowest BCUT2D eigenvalue weighted by atomic mass is 10.1. The fourth-order valence-corrected chi connectivity index (χ4v) is 1.81. The summed E-state index contributed by atoms with van der Waals surface area (Å²) in [6, 6.07) is 2.01. The maximum Gasteiger partial charge on any atom is 0.390 e. The summed E-state index contributed by atoms with van der Waals surface area (Å²) in [7, 11) is 1.32. The Hall–Kier alpha value is -2.32. The lowest BCUT2D eigenvalue weighted by Crippen LogP contribution is -2.25. The number of anilines is 1. The molecule has 21 heavy (non-hydrogen) atoms. The maximum atomic E-state index is 12.2. The molecule has 6 nitrogen and oxygen atoms in total. The van der Waals surface area contributed by atoms with E-state index in [-0.39, 0.29) is 16.8 Å². The molecule has 0 bridgehead atoms. The number of halogens is 3. The second-order valence-corrected chi connectivity index (χ2v) is 4.49. The van der Waals surface area contributed by atoms with Crippen molar-refractivity contribution in [1.82, 2.24) is 0 Å². The van der Waals surface area contributed by atoms with E-state index in [1.165, 1.54) is 14.0 Å². The molecule has 0 atom stereocenters. The van der Waals surface area contributed by atoms with Crippen molar-refractivity contribution in [3.8, 4) is 0 Å². The van der Waals surface area contributed by atoms with E-state index in [1.807, 2.05) is 0 Å². The Bertz CT molecular complexity index is 572. The molecule has 0 amide bonds. The number of nitro groups is 1. The summed E-state index contributed by atoms with van der Waals surface area (Å²) < 4.78 is 36.7. The predicted octanol–water partition coefficient (Wildman–Crippen LogP) is 2.99. The third kappa shape index (κ3) is 4.33. The molecule has 0 aliphatic heterocycles. The number of carboxylic acid groups (broad SMARTS) is 1. The van der Waals surface area contributed by atoms with E-state index < -0.39 is 35.7 Å². The van der Waals surface area contributed by atoms with Crippen molar-refractivity contribution in [2.24, 2.45) is 0 Å². The average Bonchev–Trinajstić information content (AvgIpc) is 2.34. The van der Waals surface area contributed by atoms with Crippen molar-refractivity contribution in [2.75, 3.05) is 18.5 Å². The van der Waals surface area contributed by atoms with Crippen LogP contribution in [-0.4, -0.2) is 35.8 Å². The van der Waals surface area contributed by atoms with Crippen LogP contribution in [0.15, 0.2) is 12.1 Å². The van der Waals surface area contributed by atoms with Gasteiger partial charge in [-0.05, 0) is 13.0 Å². The number of hydrogen-bond donors (Lipinski definition) is 1. The summed E-state index contributed by atoms with van der Waals surface area (Å²) in [5.74, 6) is -1.39. The second-order valence-electron chi connectivity index (χ2n) is 4.49. The van der Waals surface area contributed by atoms with Crippen molar-refractivity contribution < 1.29 is 28.0 Å². The molecule has 0 fully saturated rings. The highest BCUT2D eigenvalue weighted by atomic mass is 19.4. The molecule has 0 radical (unpaired) electrons. The summed E-state index contributed by atoms with van der Waals surface area (Å²) in [6.07, 6.45) is -5.47. The predicted molar refractivity (Wildman–Crippen MR) is 68.7 cm³/mol. The van der Waals surface area contributed by atoms with Gasteiger partial charge < -0.3 is 10.0 Å². The smallest absolute Gasteiger partial charge is 0.390 e. The molecule has 0 saturated heterocycles. The number of rotatable bonds is 5. The standard InChI is InChI=1S/C12H13F3N2O4/c1-7-9(16(2)4-3-12(13,14)15)5-8(11(18)19)6-10(7)17(20)21/h5-6H,3-4H2,1-2H3,(H,18,19). The molecule has 0 aliphatic rings. The van der Waals surface area contributed by atoms with Gasteiger partial charge in [-0.3, -0.25) is 10.1 Å². The van der Waals surface area contributed by atoms with Gasteiger partial charge in [0.25, 0.3) is 5.69 Å². The molecule has 0 aliphatic carbocycles. The van der Waals surface area contributed by atoms with Gasteiger partial charge in [0.05, 0.1) is 22.5 Å². The lowest BCUT2D eigenvalue weighted by Gasteiger charge is -2.22. The van der Waals surface area contributed by atoms with Gasteiger partial charge in [0, 0.05) is 25.3 Å². The molecular formula is C12H13F3N2O4. The van der Waals surface area contributed by atoms with Gasteiger partial charge in [0.1, 0.15) is 0 Å². The summed E-state index contributed by atoms with van der Waals surface area (Å²) >= 11 is 0. The fourth-order valence-electron chi connectivity index (χ4n) is 1.81. The van der Waals surface area contributed by atoms with Crippen LogP contribution in [0.25, 0.3) is 0 Å². The SMILES string of the molecule is Cc1c(N(C)CCC(F)(F)F)cc(C(=O)O)cc1[N+](=O)[O-]. The van der Waals surface area contributed by atoms with Crippen molar-refractivity contribution >= 4 is 17.3 Å². The minimum Gasteiger partial charge on any atom is -0.478 e. The molecule has 116 valence electrons. The molecule has 0 saturated carbocycles. The van der Waals surface area contributed by atoms with Crippen LogP contribution in [0.4, 0.5) is 24.5 Å². The van der Waals surface area contributed by atoms with Gasteiger partial charge in [-0.15, -0.1) is 0 Å². The first-order chi connectivity index (χ1) is 9.53. The maximum absolute atomic E-state index is 12.2. The van der Waals surface area contributed by atoms with E-state index in [1.54, 1.807) is 0 Å². The minimum absolute atomic E-state index is 0.0888. The molecule has 1 rings (SSSR count). The molecule has 0 heterocycles. The van der Waals surface area contributed by atoms with Crippen LogP contribution in [0.5, 0.6) is 0 Å². The van der Waals surface area contributed by atoms with Crippen molar-refractivity contribution in [3.63, 3.8) is 0 Å². The van der Waals surface area contributed by atoms with Crippen LogP contribution in [0, 0.1) is 17.0 Å². The van der Waals surface area contributed by atoms with Crippen molar-refractivity contribution in [1.29, 1.82) is 0 Å². The van der Waals surface area contributed by atoms with E-state index in [4.69, 9.17) is 5.11 Å².